The first kappa shape index (κ1) is 19.8. The van der Waals surface area contributed by atoms with Crippen LogP contribution in [0.4, 0.5) is 10.1 Å². The van der Waals surface area contributed by atoms with E-state index in [1.54, 1.807) is 60.8 Å². The van der Waals surface area contributed by atoms with Gasteiger partial charge in [-0.25, -0.2) is 9.18 Å². The zero-order valence-corrected chi connectivity index (χ0v) is 16.4. The number of anilines is 1. The number of esters is 1. The second kappa shape index (κ2) is 8.45. The van der Waals surface area contributed by atoms with Crippen LogP contribution in [0.2, 0.25) is 0 Å². The van der Waals surface area contributed by atoms with Crippen LogP contribution in [0.25, 0.3) is 0 Å². The summed E-state index contributed by atoms with van der Waals surface area (Å²) in [5, 5.41) is 2.86. The van der Waals surface area contributed by atoms with E-state index in [0.717, 1.165) is 6.42 Å². The number of rotatable bonds is 6. The summed E-state index contributed by atoms with van der Waals surface area (Å²) in [5.74, 6) is -0.497. The number of carbonyl (C=O) groups is 2. The molecule has 1 fully saturated rings. The predicted molar refractivity (Wildman–Crippen MR) is 110 cm³/mol. The van der Waals surface area contributed by atoms with Crippen molar-refractivity contribution in [2.45, 2.75) is 19.4 Å². The van der Waals surface area contributed by atoms with Crippen molar-refractivity contribution in [1.29, 1.82) is 0 Å². The number of pyridine rings is 1. The number of hydrogen-bond donors (Lipinski definition) is 1. The van der Waals surface area contributed by atoms with Crippen molar-refractivity contribution in [2.75, 3.05) is 5.32 Å². The van der Waals surface area contributed by atoms with Crippen molar-refractivity contribution in [3.8, 4) is 0 Å². The molecule has 3 atom stereocenters. The molecule has 152 valence electrons. The van der Waals surface area contributed by atoms with Gasteiger partial charge in [0.25, 0.3) is 0 Å². The first-order chi connectivity index (χ1) is 14.5. The molecule has 0 bridgehead atoms. The van der Waals surface area contributed by atoms with Gasteiger partial charge in [0.1, 0.15) is 5.82 Å². The van der Waals surface area contributed by atoms with Gasteiger partial charge in [-0.3, -0.25) is 9.78 Å². The molecule has 30 heavy (non-hydrogen) atoms. The molecule has 2 aromatic carbocycles. The van der Waals surface area contributed by atoms with Crippen molar-refractivity contribution in [3.63, 3.8) is 0 Å². The molecule has 1 saturated carbocycles. The molecule has 0 radical (unpaired) electrons. The number of hydrogen-bond acceptors (Lipinski definition) is 4. The Morgan fingerprint density at radius 2 is 1.87 bits per heavy atom. The lowest BCUT2D eigenvalue weighted by Crippen LogP contribution is -2.15. The van der Waals surface area contributed by atoms with Gasteiger partial charge in [-0.05, 0) is 60.9 Å². The molecule has 3 aromatic rings. The number of carbonyl (C=O) groups excluding carboxylic acids is 2. The van der Waals surface area contributed by atoms with Crippen molar-refractivity contribution in [2.24, 2.45) is 11.8 Å². The summed E-state index contributed by atoms with van der Waals surface area (Å²) in [6.07, 6.45) is 1.66. The molecule has 0 saturated heterocycles. The van der Waals surface area contributed by atoms with E-state index in [1.807, 2.05) is 6.92 Å². The number of nitrogens with one attached hydrogen (secondary N) is 1. The minimum Gasteiger partial charge on any atom is -0.447 e. The summed E-state index contributed by atoms with van der Waals surface area (Å²) in [6.45, 7) is 2.04. The highest BCUT2D eigenvalue weighted by Gasteiger charge is 2.39. The van der Waals surface area contributed by atoms with Gasteiger partial charge in [0.2, 0.25) is 5.91 Å². The predicted octanol–water partition coefficient (Wildman–Crippen LogP) is 4.76. The number of amides is 1. The second-order valence-electron chi connectivity index (χ2n) is 7.48. The lowest BCUT2D eigenvalue weighted by Gasteiger charge is -2.18. The van der Waals surface area contributed by atoms with E-state index < -0.39 is 17.9 Å². The topological polar surface area (TPSA) is 68.3 Å². The average Bonchev–Trinajstić information content (AvgIpc) is 3.50. The number of aromatic nitrogens is 1. The van der Waals surface area contributed by atoms with Gasteiger partial charge in [0, 0.05) is 23.4 Å². The molecule has 5 nitrogen and oxygen atoms in total. The second-order valence-corrected chi connectivity index (χ2v) is 7.48. The van der Waals surface area contributed by atoms with E-state index in [1.165, 1.54) is 12.1 Å². The van der Waals surface area contributed by atoms with Crippen LogP contribution < -0.4 is 5.32 Å². The lowest BCUT2D eigenvalue weighted by molar-refractivity contribution is -0.117. The fourth-order valence-electron chi connectivity index (χ4n) is 3.29. The van der Waals surface area contributed by atoms with Crippen LogP contribution >= 0.6 is 0 Å². The smallest absolute Gasteiger partial charge is 0.339 e. The number of benzene rings is 2. The molecule has 1 aliphatic carbocycles. The van der Waals surface area contributed by atoms with Gasteiger partial charge in [-0.2, -0.15) is 0 Å². The fraction of sp³-hybridized carbons (Fsp3) is 0.208. The minimum atomic E-state index is -0.842. The largest absolute Gasteiger partial charge is 0.447 e. The Labute approximate surface area is 173 Å². The van der Waals surface area contributed by atoms with E-state index in [4.69, 9.17) is 4.74 Å². The van der Waals surface area contributed by atoms with Crippen LogP contribution in [0.1, 0.15) is 41.1 Å². The van der Waals surface area contributed by atoms with Crippen LogP contribution in [-0.2, 0) is 9.53 Å². The normalized spacial score (nSPS) is 18.3. The molecule has 4 rings (SSSR count). The molecule has 1 aromatic heterocycles. The van der Waals surface area contributed by atoms with Gasteiger partial charge < -0.3 is 10.1 Å². The molecule has 1 N–H and O–H groups in total. The highest BCUT2D eigenvalue weighted by molar-refractivity contribution is 5.95. The molecule has 1 aliphatic rings. The van der Waals surface area contributed by atoms with E-state index in [0.29, 0.717) is 28.4 Å². The highest BCUT2D eigenvalue weighted by Crippen LogP contribution is 2.38. The monoisotopic (exact) mass is 404 g/mol. The van der Waals surface area contributed by atoms with E-state index in [2.05, 4.69) is 10.3 Å². The molecule has 6 heteroatoms. The molecule has 3 unspecified atom stereocenters. The van der Waals surface area contributed by atoms with E-state index in [-0.39, 0.29) is 11.8 Å². The third kappa shape index (κ3) is 4.54. The molecule has 1 heterocycles. The molecular formula is C24H21FN2O3. The van der Waals surface area contributed by atoms with E-state index >= 15 is 0 Å². The molecule has 1 amide bonds. The Hall–Kier alpha value is -3.54. The third-order valence-corrected chi connectivity index (χ3v) is 5.17. The summed E-state index contributed by atoms with van der Waals surface area (Å²) >= 11 is 0. The maximum atomic E-state index is 13.7. The van der Waals surface area contributed by atoms with Crippen LogP contribution in [-0.4, -0.2) is 16.9 Å². The van der Waals surface area contributed by atoms with Gasteiger partial charge in [-0.1, -0.05) is 25.1 Å². The minimum absolute atomic E-state index is 0.000790. The molecular weight excluding hydrogens is 383 g/mol. The first-order valence-electron chi connectivity index (χ1n) is 9.79. The maximum absolute atomic E-state index is 13.7. The highest BCUT2D eigenvalue weighted by atomic mass is 19.1. The van der Waals surface area contributed by atoms with Gasteiger partial charge in [0.15, 0.2) is 6.10 Å². The van der Waals surface area contributed by atoms with Crippen molar-refractivity contribution in [1.82, 2.24) is 4.98 Å². The fourth-order valence-corrected chi connectivity index (χ4v) is 3.29. The Morgan fingerprint density at radius 3 is 2.50 bits per heavy atom. The molecule has 0 aliphatic heterocycles. The van der Waals surface area contributed by atoms with Crippen molar-refractivity contribution < 1.29 is 18.7 Å². The zero-order chi connectivity index (χ0) is 21.1. The van der Waals surface area contributed by atoms with Crippen molar-refractivity contribution in [3.05, 3.63) is 95.6 Å². The maximum Gasteiger partial charge on any atom is 0.339 e. The van der Waals surface area contributed by atoms with Gasteiger partial charge >= 0.3 is 5.97 Å². The van der Waals surface area contributed by atoms with Crippen LogP contribution in [0.3, 0.4) is 0 Å². The number of nitrogens with zero attached hydrogens (tertiary/aromatic N) is 1. The number of ether oxygens (including phenoxy) is 1. The summed E-state index contributed by atoms with van der Waals surface area (Å²) < 4.78 is 19.4. The third-order valence-electron chi connectivity index (χ3n) is 5.17. The van der Waals surface area contributed by atoms with Crippen LogP contribution in [0.15, 0.2) is 72.9 Å². The number of halogens is 1. The zero-order valence-electron chi connectivity index (χ0n) is 16.4. The van der Waals surface area contributed by atoms with Crippen LogP contribution in [0.5, 0.6) is 0 Å². The Kier molecular flexibility index (Phi) is 5.57. The standard InChI is InChI=1S/C24H21FN2O3/c1-15-13-20(15)23(28)27-19-10-8-16(9-11-19)24(29)30-22(21-7-2-3-12-26-21)17-5-4-6-18(25)14-17/h2-12,14-15,20,22H,13H2,1H3,(H,27,28). The quantitative estimate of drug-likeness (QED) is 0.602. The Bertz CT molecular complexity index is 1050. The molecule has 0 spiro atoms. The average molecular weight is 404 g/mol. The van der Waals surface area contributed by atoms with E-state index in [9.17, 15) is 14.0 Å². The summed E-state index contributed by atoms with van der Waals surface area (Å²) in [5.41, 5.74) is 1.94. The summed E-state index contributed by atoms with van der Waals surface area (Å²) in [4.78, 5) is 29.1. The van der Waals surface area contributed by atoms with Gasteiger partial charge in [0.05, 0.1) is 11.3 Å². The lowest BCUT2D eigenvalue weighted by atomic mass is 10.1. The SMILES string of the molecule is CC1CC1C(=O)Nc1ccc(C(=O)OC(c2cccc(F)c2)c2ccccn2)cc1. The summed E-state index contributed by atoms with van der Waals surface area (Å²) in [6, 6.07) is 17.7. The summed E-state index contributed by atoms with van der Waals surface area (Å²) in [7, 11) is 0. The van der Waals surface area contributed by atoms with Gasteiger partial charge in [-0.15, -0.1) is 0 Å². The Balaban J connectivity index is 1.50. The first-order valence-corrected chi connectivity index (χ1v) is 9.79. The Morgan fingerprint density at radius 1 is 1.10 bits per heavy atom. The van der Waals surface area contributed by atoms with Crippen LogP contribution in [0, 0.1) is 17.7 Å². The van der Waals surface area contributed by atoms with Crippen molar-refractivity contribution >= 4 is 17.6 Å².